The van der Waals surface area contributed by atoms with Crippen LogP contribution in [0.15, 0.2) is 48.7 Å². The van der Waals surface area contributed by atoms with E-state index in [4.69, 9.17) is 4.74 Å². The van der Waals surface area contributed by atoms with Gasteiger partial charge in [0, 0.05) is 29.8 Å². The van der Waals surface area contributed by atoms with Crippen LogP contribution in [-0.2, 0) is 0 Å². The molecule has 1 unspecified atom stereocenters. The highest BCUT2D eigenvalue weighted by Crippen LogP contribution is 2.36. The fraction of sp³-hybridized carbons (Fsp3) is 0.217. The van der Waals surface area contributed by atoms with E-state index in [0.717, 1.165) is 28.5 Å². The first kappa shape index (κ1) is 19.1. The molecule has 2 heterocycles. The third-order valence-electron chi connectivity index (χ3n) is 5.22. The maximum absolute atomic E-state index is 13.4. The number of aryl methyl sites for hydroxylation is 1. The number of nitrogens with one attached hydrogen (secondary N) is 1. The number of aromatic nitrogens is 1. The van der Waals surface area contributed by atoms with Crippen molar-refractivity contribution in [1.29, 1.82) is 0 Å². The molecule has 0 saturated carbocycles. The van der Waals surface area contributed by atoms with Crippen molar-refractivity contribution in [2.45, 2.75) is 26.3 Å². The molecule has 0 aliphatic carbocycles. The Balaban J connectivity index is 1.54. The lowest BCUT2D eigenvalue weighted by Gasteiger charge is -2.28. The summed E-state index contributed by atoms with van der Waals surface area (Å²) in [6, 6.07) is 10.2. The van der Waals surface area contributed by atoms with Crippen molar-refractivity contribution in [3.63, 3.8) is 0 Å². The smallest absolute Gasteiger partial charge is 0.253 e. The van der Waals surface area contributed by atoms with Gasteiger partial charge in [0.25, 0.3) is 5.91 Å². The molecule has 1 atom stereocenters. The van der Waals surface area contributed by atoms with Crippen LogP contribution in [0.5, 0.6) is 5.75 Å². The molecule has 1 amide bonds. The lowest BCUT2D eigenvalue weighted by Crippen LogP contribution is -2.32. The van der Waals surface area contributed by atoms with Crippen LogP contribution in [0.25, 0.3) is 11.3 Å². The molecular formula is C23H20F2N2O2. The molecule has 4 nitrogen and oxygen atoms in total. The van der Waals surface area contributed by atoms with Gasteiger partial charge < -0.3 is 10.1 Å². The lowest BCUT2D eigenvalue weighted by atomic mass is 9.95. The van der Waals surface area contributed by atoms with Crippen LogP contribution in [0, 0.1) is 25.5 Å². The number of benzene rings is 2. The fourth-order valence-electron chi connectivity index (χ4n) is 3.50. The van der Waals surface area contributed by atoms with E-state index in [1.807, 2.05) is 26.0 Å². The summed E-state index contributed by atoms with van der Waals surface area (Å²) in [5.74, 6) is -0.770. The van der Waals surface area contributed by atoms with Crippen LogP contribution in [0.2, 0.25) is 0 Å². The van der Waals surface area contributed by atoms with Gasteiger partial charge in [-0.2, -0.15) is 0 Å². The highest BCUT2D eigenvalue weighted by Gasteiger charge is 2.25. The summed E-state index contributed by atoms with van der Waals surface area (Å²) in [6.45, 7) is 4.57. The summed E-state index contributed by atoms with van der Waals surface area (Å²) in [5.41, 5.74) is 4.27. The molecule has 0 radical (unpaired) electrons. The molecule has 0 bridgehead atoms. The van der Waals surface area contributed by atoms with Gasteiger partial charge in [-0.15, -0.1) is 0 Å². The molecule has 1 aromatic heterocycles. The summed E-state index contributed by atoms with van der Waals surface area (Å²) in [5, 5.41) is 3.04. The number of carbonyl (C=O) groups excluding carboxylic acids is 1. The molecule has 29 heavy (non-hydrogen) atoms. The number of hydrogen-bond donors (Lipinski definition) is 1. The van der Waals surface area contributed by atoms with E-state index >= 15 is 0 Å². The maximum atomic E-state index is 13.4. The zero-order valence-corrected chi connectivity index (χ0v) is 16.1. The minimum absolute atomic E-state index is 0.150. The van der Waals surface area contributed by atoms with Crippen LogP contribution < -0.4 is 10.1 Å². The summed E-state index contributed by atoms with van der Waals surface area (Å²) < 4.78 is 32.6. The quantitative estimate of drug-likeness (QED) is 0.688. The first-order valence-electron chi connectivity index (χ1n) is 9.38. The molecule has 2 aromatic carbocycles. The monoisotopic (exact) mass is 394 g/mol. The second-order valence-corrected chi connectivity index (χ2v) is 7.18. The number of carbonyl (C=O) groups is 1. The maximum Gasteiger partial charge on any atom is 0.253 e. The van der Waals surface area contributed by atoms with E-state index in [2.05, 4.69) is 10.3 Å². The highest BCUT2D eigenvalue weighted by molar-refractivity contribution is 5.94. The Labute approximate surface area is 167 Å². The first-order valence-corrected chi connectivity index (χ1v) is 9.38. The van der Waals surface area contributed by atoms with Gasteiger partial charge in [-0.25, -0.2) is 8.78 Å². The minimum atomic E-state index is -0.674. The van der Waals surface area contributed by atoms with E-state index in [9.17, 15) is 13.6 Å². The number of pyridine rings is 1. The van der Waals surface area contributed by atoms with Crippen LogP contribution >= 0.6 is 0 Å². The average Bonchev–Trinajstić information content (AvgIpc) is 2.70. The van der Waals surface area contributed by atoms with Crippen LogP contribution in [0.4, 0.5) is 8.78 Å². The van der Waals surface area contributed by atoms with Crippen molar-refractivity contribution in [2.75, 3.05) is 6.61 Å². The second-order valence-electron chi connectivity index (χ2n) is 7.18. The Hall–Kier alpha value is -3.28. The number of rotatable bonds is 3. The third-order valence-corrected chi connectivity index (χ3v) is 5.22. The van der Waals surface area contributed by atoms with E-state index in [-0.39, 0.29) is 11.9 Å². The Bertz CT molecular complexity index is 1060. The molecule has 0 saturated heterocycles. The van der Waals surface area contributed by atoms with Crippen molar-refractivity contribution in [1.82, 2.24) is 10.3 Å². The van der Waals surface area contributed by atoms with Crippen LogP contribution in [0.3, 0.4) is 0 Å². The average molecular weight is 394 g/mol. The molecular weight excluding hydrogens is 374 g/mol. The molecule has 4 rings (SSSR count). The molecule has 1 aliphatic rings. The topological polar surface area (TPSA) is 51.2 Å². The van der Waals surface area contributed by atoms with E-state index in [1.54, 1.807) is 12.1 Å². The van der Waals surface area contributed by atoms with Crippen molar-refractivity contribution >= 4 is 5.91 Å². The minimum Gasteiger partial charge on any atom is -0.493 e. The zero-order chi connectivity index (χ0) is 20.5. The van der Waals surface area contributed by atoms with Gasteiger partial charge in [-0.3, -0.25) is 9.78 Å². The Morgan fingerprint density at radius 3 is 2.55 bits per heavy atom. The Morgan fingerprint density at radius 2 is 1.86 bits per heavy atom. The number of halogens is 2. The van der Waals surface area contributed by atoms with Gasteiger partial charge >= 0.3 is 0 Å². The molecule has 6 heteroatoms. The largest absolute Gasteiger partial charge is 0.493 e. The number of nitrogens with zero attached hydrogens (tertiary/aromatic N) is 1. The molecule has 1 N–H and O–H groups in total. The third kappa shape index (κ3) is 3.83. The van der Waals surface area contributed by atoms with Gasteiger partial charge in [0.2, 0.25) is 0 Å². The van der Waals surface area contributed by atoms with Crippen LogP contribution in [0.1, 0.15) is 39.5 Å². The predicted octanol–water partition coefficient (Wildman–Crippen LogP) is 4.90. The van der Waals surface area contributed by atoms with E-state index in [0.29, 0.717) is 29.8 Å². The normalized spacial score (nSPS) is 15.4. The first-order chi connectivity index (χ1) is 13.9. The van der Waals surface area contributed by atoms with Crippen molar-refractivity contribution in [3.8, 4) is 17.0 Å². The van der Waals surface area contributed by atoms with E-state index in [1.165, 1.54) is 18.3 Å². The fourth-order valence-corrected chi connectivity index (χ4v) is 3.50. The van der Waals surface area contributed by atoms with Gasteiger partial charge in [-0.05, 0) is 49.2 Å². The molecule has 3 aromatic rings. The SMILES string of the molecule is Cc1ccc2c(c1C)OCCC2NC(=O)c1ccc(-c2cc(F)cc(F)c2)nc1. The summed E-state index contributed by atoms with van der Waals surface area (Å²) >= 11 is 0. The number of ether oxygens (including phenoxy) is 1. The Morgan fingerprint density at radius 1 is 1.10 bits per heavy atom. The van der Waals surface area contributed by atoms with Crippen molar-refractivity contribution < 1.29 is 18.3 Å². The van der Waals surface area contributed by atoms with Crippen molar-refractivity contribution in [2.24, 2.45) is 0 Å². The van der Waals surface area contributed by atoms with Gasteiger partial charge in [0.05, 0.1) is 23.9 Å². The second kappa shape index (κ2) is 7.62. The van der Waals surface area contributed by atoms with Gasteiger partial charge in [0.1, 0.15) is 17.4 Å². The standard InChI is InChI=1S/C23H20F2N2O2/c1-13-3-5-19-21(7-8-29-22(19)14(13)2)27-23(28)15-4-6-20(26-12-15)16-9-17(24)11-18(25)10-16/h3-6,9-12,21H,7-8H2,1-2H3,(H,27,28). The zero-order valence-electron chi connectivity index (χ0n) is 16.1. The summed E-state index contributed by atoms with van der Waals surface area (Å²) in [6.07, 6.45) is 2.09. The lowest BCUT2D eigenvalue weighted by molar-refractivity contribution is 0.0924. The van der Waals surface area contributed by atoms with Crippen molar-refractivity contribution in [3.05, 3.63) is 82.5 Å². The molecule has 0 spiro atoms. The molecule has 148 valence electrons. The van der Waals surface area contributed by atoms with E-state index < -0.39 is 11.6 Å². The number of amides is 1. The highest BCUT2D eigenvalue weighted by atomic mass is 19.1. The van der Waals surface area contributed by atoms with Gasteiger partial charge in [-0.1, -0.05) is 12.1 Å². The number of fused-ring (bicyclic) bond motifs is 1. The number of hydrogen-bond acceptors (Lipinski definition) is 3. The summed E-state index contributed by atoms with van der Waals surface area (Å²) in [4.78, 5) is 16.9. The predicted molar refractivity (Wildman–Crippen MR) is 106 cm³/mol. The Kier molecular flexibility index (Phi) is 5.01. The summed E-state index contributed by atoms with van der Waals surface area (Å²) in [7, 11) is 0. The van der Waals surface area contributed by atoms with Gasteiger partial charge in [0.15, 0.2) is 0 Å². The van der Waals surface area contributed by atoms with Crippen LogP contribution in [-0.4, -0.2) is 17.5 Å². The molecule has 1 aliphatic heterocycles. The molecule has 0 fully saturated rings.